The van der Waals surface area contributed by atoms with E-state index in [2.05, 4.69) is 0 Å². The predicted molar refractivity (Wildman–Crippen MR) is 73.1 cm³/mol. The van der Waals surface area contributed by atoms with Gasteiger partial charge < -0.3 is 10.2 Å². The Kier molecular flexibility index (Phi) is 5.31. The quantitative estimate of drug-likeness (QED) is 0.780. The third kappa shape index (κ3) is 3.38. The molecule has 0 saturated heterocycles. The van der Waals surface area contributed by atoms with E-state index in [1.54, 1.807) is 0 Å². The molecule has 0 spiro atoms. The van der Waals surface area contributed by atoms with Crippen molar-refractivity contribution in [1.82, 2.24) is 0 Å². The summed E-state index contributed by atoms with van der Waals surface area (Å²) in [5.74, 6) is -4.69. The summed E-state index contributed by atoms with van der Waals surface area (Å²) in [6.45, 7) is 7.53. The molecule has 1 rings (SSSR count). The number of carboxylic acid groups (broad SMARTS) is 2. The van der Waals surface area contributed by atoms with Crippen LogP contribution in [-0.4, -0.2) is 27.9 Å². The Bertz CT molecular complexity index is 399. The number of rotatable bonds is 6. The monoisotopic (exact) mass is 284 g/mol. The normalized spacial score (nSPS) is 29.9. The minimum atomic E-state index is -1.05. The van der Waals surface area contributed by atoms with E-state index in [9.17, 15) is 24.6 Å². The van der Waals surface area contributed by atoms with Crippen LogP contribution in [0.2, 0.25) is 0 Å². The highest BCUT2D eigenvalue weighted by atomic mass is 16.4. The fourth-order valence-electron chi connectivity index (χ4n) is 3.47. The molecular weight excluding hydrogens is 260 g/mol. The summed E-state index contributed by atoms with van der Waals surface area (Å²) in [4.78, 5) is 35.2. The first kappa shape index (κ1) is 16.7. The van der Waals surface area contributed by atoms with Gasteiger partial charge in [0.25, 0.3) is 0 Å². The molecule has 0 aromatic heterocycles. The molecule has 0 aliphatic heterocycles. The third-order valence-electron chi connectivity index (χ3n) is 4.21. The zero-order chi connectivity index (χ0) is 15.6. The standard InChI is InChI=1S/C15H24O5/c1-7(2)5-11(16)13-10(15(19)20)6-9(14(17)18)12(13)8(3)4/h7-10,12-13H,5-6H2,1-4H3,(H,17,18)(H,19,20)/t9?,10?,12-,13?/m0/s1. The van der Waals surface area contributed by atoms with Gasteiger partial charge in [-0.2, -0.15) is 0 Å². The largest absolute Gasteiger partial charge is 0.481 e. The van der Waals surface area contributed by atoms with E-state index in [1.807, 2.05) is 27.7 Å². The number of carbonyl (C=O) groups excluding carboxylic acids is 1. The third-order valence-corrected chi connectivity index (χ3v) is 4.21. The second-order valence-electron chi connectivity index (χ2n) is 6.54. The first-order valence-corrected chi connectivity index (χ1v) is 7.15. The van der Waals surface area contributed by atoms with Gasteiger partial charge in [0.05, 0.1) is 11.8 Å². The molecule has 0 amide bonds. The van der Waals surface area contributed by atoms with Crippen molar-refractivity contribution in [3.05, 3.63) is 0 Å². The maximum atomic E-state index is 12.4. The molecule has 2 N–H and O–H groups in total. The summed E-state index contributed by atoms with van der Waals surface area (Å²) < 4.78 is 0. The van der Waals surface area contributed by atoms with Crippen molar-refractivity contribution in [3.8, 4) is 0 Å². The van der Waals surface area contributed by atoms with Crippen LogP contribution in [0.4, 0.5) is 0 Å². The first-order chi connectivity index (χ1) is 9.16. The van der Waals surface area contributed by atoms with E-state index < -0.39 is 29.7 Å². The van der Waals surface area contributed by atoms with Crippen molar-refractivity contribution < 1.29 is 24.6 Å². The van der Waals surface area contributed by atoms with Crippen molar-refractivity contribution in [2.75, 3.05) is 0 Å². The molecule has 1 saturated carbocycles. The van der Waals surface area contributed by atoms with Crippen LogP contribution in [0.25, 0.3) is 0 Å². The second kappa shape index (κ2) is 6.37. The smallest absolute Gasteiger partial charge is 0.307 e. The Morgan fingerprint density at radius 3 is 1.85 bits per heavy atom. The molecule has 0 aromatic rings. The highest BCUT2D eigenvalue weighted by Crippen LogP contribution is 2.47. The minimum absolute atomic E-state index is 0.0263. The van der Waals surface area contributed by atoms with Crippen molar-refractivity contribution in [2.24, 2.45) is 35.5 Å². The summed E-state index contributed by atoms with van der Waals surface area (Å²) in [6.07, 6.45) is 0.367. The Hall–Kier alpha value is -1.39. The molecule has 0 aromatic carbocycles. The Morgan fingerprint density at radius 1 is 1.00 bits per heavy atom. The number of hydrogen-bond acceptors (Lipinski definition) is 3. The van der Waals surface area contributed by atoms with Gasteiger partial charge in [0.2, 0.25) is 0 Å². The van der Waals surface area contributed by atoms with E-state index >= 15 is 0 Å². The Morgan fingerprint density at radius 2 is 1.50 bits per heavy atom. The number of aliphatic carboxylic acids is 2. The van der Waals surface area contributed by atoms with E-state index in [4.69, 9.17) is 0 Å². The molecule has 4 atom stereocenters. The summed E-state index contributed by atoms with van der Waals surface area (Å²) in [5, 5.41) is 18.6. The molecule has 0 radical (unpaired) electrons. The molecule has 3 unspecified atom stereocenters. The van der Waals surface area contributed by atoms with Crippen LogP contribution in [0, 0.1) is 35.5 Å². The van der Waals surface area contributed by atoms with E-state index in [-0.39, 0.29) is 30.0 Å². The molecule has 5 heteroatoms. The SMILES string of the molecule is CC(C)CC(=O)C1C(C(=O)O)CC(C(=O)O)[C@@H]1C(C)C. The lowest BCUT2D eigenvalue weighted by Gasteiger charge is -2.27. The van der Waals surface area contributed by atoms with Crippen LogP contribution in [-0.2, 0) is 14.4 Å². The number of ketones is 1. The maximum Gasteiger partial charge on any atom is 0.307 e. The van der Waals surface area contributed by atoms with Crippen LogP contribution in [0.3, 0.4) is 0 Å². The number of carbonyl (C=O) groups is 3. The highest BCUT2D eigenvalue weighted by Gasteiger charge is 2.53. The van der Waals surface area contributed by atoms with Crippen LogP contribution >= 0.6 is 0 Å². The lowest BCUT2D eigenvalue weighted by atomic mass is 9.75. The summed E-state index contributed by atoms with van der Waals surface area (Å²) in [5.41, 5.74) is 0. The fourth-order valence-corrected chi connectivity index (χ4v) is 3.47. The molecule has 0 bridgehead atoms. The molecule has 1 aliphatic rings. The molecule has 1 aliphatic carbocycles. The lowest BCUT2D eigenvalue weighted by molar-refractivity contribution is -0.146. The number of hydrogen-bond donors (Lipinski definition) is 2. The van der Waals surface area contributed by atoms with Gasteiger partial charge in [-0.1, -0.05) is 27.7 Å². The average Bonchev–Trinajstić information content (AvgIpc) is 2.67. The molecule has 114 valence electrons. The van der Waals surface area contributed by atoms with Crippen LogP contribution < -0.4 is 0 Å². The second-order valence-corrected chi connectivity index (χ2v) is 6.54. The number of Topliss-reactive ketones (excluding diaryl/α,β-unsaturated/α-hetero) is 1. The summed E-state index contributed by atoms with van der Waals surface area (Å²) in [6, 6.07) is 0. The van der Waals surface area contributed by atoms with Crippen molar-refractivity contribution in [3.63, 3.8) is 0 Å². The van der Waals surface area contributed by atoms with E-state index in [0.717, 1.165) is 0 Å². The van der Waals surface area contributed by atoms with Gasteiger partial charge in [-0.05, 0) is 24.2 Å². The molecular formula is C15H24O5. The summed E-state index contributed by atoms with van der Waals surface area (Å²) >= 11 is 0. The van der Waals surface area contributed by atoms with E-state index in [1.165, 1.54) is 0 Å². The first-order valence-electron chi connectivity index (χ1n) is 7.15. The van der Waals surface area contributed by atoms with Crippen molar-refractivity contribution in [2.45, 2.75) is 40.5 Å². The van der Waals surface area contributed by atoms with Gasteiger partial charge in [-0.15, -0.1) is 0 Å². The van der Waals surface area contributed by atoms with Crippen LogP contribution in [0.5, 0.6) is 0 Å². The summed E-state index contributed by atoms with van der Waals surface area (Å²) in [7, 11) is 0. The van der Waals surface area contributed by atoms with Gasteiger partial charge >= 0.3 is 11.9 Å². The Balaban J connectivity index is 3.13. The lowest BCUT2D eigenvalue weighted by Crippen LogP contribution is -2.34. The molecule has 0 heterocycles. The fraction of sp³-hybridized carbons (Fsp3) is 0.800. The van der Waals surface area contributed by atoms with Gasteiger partial charge in [0.1, 0.15) is 5.78 Å². The van der Waals surface area contributed by atoms with Gasteiger partial charge in [0, 0.05) is 12.3 Å². The molecule has 1 fully saturated rings. The maximum absolute atomic E-state index is 12.4. The zero-order valence-corrected chi connectivity index (χ0v) is 12.5. The number of carboxylic acids is 2. The van der Waals surface area contributed by atoms with Gasteiger partial charge in [0.15, 0.2) is 0 Å². The predicted octanol–water partition coefficient (Wildman–Crippen LogP) is 2.30. The topological polar surface area (TPSA) is 91.7 Å². The van der Waals surface area contributed by atoms with Gasteiger partial charge in [-0.3, -0.25) is 14.4 Å². The van der Waals surface area contributed by atoms with Crippen molar-refractivity contribution in [1.29, 1.82) is 0 Å². The van der Waals surface area contributed by atoms with Crippen LogP contribution in [0.1, 0.15) is 40.5 Å². The molecule has 20 heavy (non-hydrogen) atoms. The Labute approximate surface area is 119 Å². The highest BCUT2D eigenvalue weighted by molar-refractivity contribution is 5.89. The van der Waals surface area contributed by atoms with Gasteiger partial charge in [-0.25, -0.2) is 0 Å². The molecule has 5 nitrogen and oxygen atoms in total. The zero-order valence-electron chi connectivity index (χ0n) is 12.5. The van der Waals surface area contributed by atoms with Crippen molar-refractivity contribution >= 4 is 17.7 Å². The van der Waals surface area contributed by atoms with Crippen LogP contribution in [0.15, 0.2) is 0 Å². The average molecular weight is 284 g/mol. The minimum Gasteiger partial charge on any atom is -0.481 e. The van der Waals surface area contributed by atoms with E-state index in [0.29, 0.717) is 6.42 Å².